The molecule has 1 fully saturated rings. The Balaban J connectivity index is 1.98. The van der Waals surface area contributed by atoms with Crippen LogP contribution in [0.1, 0.15) is 31.9 Å². The van der Waals surface area contributed by atoms with E-state index in [0.717, 1.165) is 18.7 Å². The van der Waals surface area contributed by atoms with Crippen molar-refractivity contribution in [2.75, 3.05) is 19.7 Å². The van der Waals surface area contributed by atoms with E-state index in [2.05, 4.69) is 23.8 Å². The van der Waals surface area contributed by atoms with Crippen LogP contribution in [-0.2, 0) is 16.1 Å². The molecule has 0 amide bonds. The van der Waals surface area contributed by atoms with Gasteiger partial charge < -0.3 is 9.84 Å². The van der Waals surface area contributed by atoms with Gasteiger partial charge in [-0.25, -0.2) is 0 Å². The number of carboxylic acid groups (broad SMARTS) is 1. The third-order valence-electron chi connectivity index (χ3n) is 3.58. The van der Waals surface area contributed by atoms with E-state index in [0.29, 0.717) is 13.2 Å². The van der Waals surface area contributed by atoms with Crippen molar-refractivity contribution in [1.82, 2.24) is 14.7 Å². The number of ether oxygens (including phenoxy) is 1. The van der Waals surface area contributed by atoms with Crippen LogP contribution >= 0.6 is 0 Å². The molecule has 1 saturated heterocycles. The number of aliphatic carboxylic acids is 1. The van der Waals surface area contributed by atoms with Crippen LogP contribution in [0.25, 0.3) is 0 Å². The molecule has 0 spiro atoms. The normalized spacial score (nSPS) is 22.3. The molecule has 6 heteroatoms. The molecule has 0 aliphatic carbocycles. The van der Waals surface area contributed by atoms with Gasteiger partial charge in [-0.3, -0.25) is 14.4 Å². The first-order chi connectivity index (χ1) is 9.10. The summed E-state index contributed by atoms with van der Waals surface area (Å²) in [4.78, 5) is 13.0. The van der Waals surface area contributed by atoms with E-state index in [9.17, 15) is 4.79 Å². The predicted octanol–water partition coefficient (Wildman–Crippen LogP) is 1.14. The fraction of sp³-hybridized carbons (Fsp3) is 0.692. The predicted molar refractivity (Wildman–Crippen MR) is 69.9 cm³/mol. The van der Waals surface area contributed by atoms with Crippen LogP contribution in [-0.4, -0.2) is 51.6 Å². The maximum absolute atomic E-state index is 10.7. The first-order valence-electron chi connectivity index (χ1n) is 6.70. The smallest absolute Gasteiger partial charge is 0.306 e. The fourth-order valence-corrected chi connectivity index (χ4v) is 2.39. The first kappa shape index (κ1) is 14.0. The minimum Gasteiger partial charge on any atom is -0.481 e. The largest absolute Gasteiger partial charge is 0.481 e. The highest BCUT2D eigenvalue weighted by molar-refractivity contribution is 5.67. The van der Waals surface area contributed by atoms with Gasteiger partial charge in [-0.15, -0.1) is 0 Å². The molecular weight excluding hydrogens is 246 g/mol. The summed E-state index contributed by atoms with van der Waals surface area (Å²) in [5.41, 5.74) is 1.16. The molecule has 1 aliphatic rings. The highest BCUT2D eigenvalue weighted by atomic mass is 16.5. The van der Waals surface area contributed by atoms with Gasteiger partial charge in [0.1, 0.15) is 0 Å². The molecule has 2 atom stereocenters. The van der Waals surface area contributed by atoms with Gasteiger partial charge in [0.05, 0.1) is 25.3 Å². The maximum Gasteiger partial charge on any atom is 0.306 e. The Bertz CT molecular complexity index is 433. The minimum absolute atomic E-state index is 0.0669. The van der Waals surface area contributed by atoms with Crippen molar-refractivity contribution in [3.05, 3.63) is 18.0 Å². The number of hydrogen-bond acceptors (Lipinski definition) is 4. The third kappa shape index (κ3) is 3.54. The fourth-order valence-electron chi connectivity index (χ4n) is 2.39. The second-order valence-electron chi connectivity index (χ2n) is 4.89. The average Bonchev–Trinajstić information content (AvgIpc) is 2.86. The standard InChI is InChI=1S/C13H21N3O3/c1-3-16-8-11(7-14-16)10(2)15-4-5-19-12(9-15)6-13(17)18/h7-8,10,12H,3-6,9H2,1-2H3,(H,17,18). The van der Waals surface area contributed by atoms with Crippen LogP contribution in [0.15, 0.2) is 12.4 Å². The van der Waals surface area contributed by atoms with E-state index < -0.39 is 5.97 Å². The molecule has 2 heterocycles. The van der Waals surface area contributed by atoms with Crippen LogP contribution in [0.2, 0.25) is 0 Å². The SMILES string of the molecule is CCn1cc(C(C)N2CCOC(CC(=O)O)C2)cn1. The Hall–Kier alpha value is -1.40. The molecule has 1 aliphatic heterocycles. The van der Waals surface area contributed by atoms with Gasteiger partial charge in [-0.1, -0.05) is 0 Å². The number of aromatic nitrogens is 2. The van der Waals surface area contributed by atoms with Gasteiger partial charge in [-0.05, 0) is 13.8 Å². The van der Waals surface area contributed by atoms with Crippen molar-refractivity contribution in [3.63, 3.8) is 0 Å². The van der Waals surface area contributed by atoms with Gasteiger partial charge >= 0.3 is 5.97 Å². The number of aryl methyl sites for hydroxylation is 1. The average molecular weight is 267 g/mol. The summed E-state index contributed by atoms with van der Waals surface area (Å²) < 4.78 is 7.39. The molecule has 1 aromatic heterocycles. The number of hydrogen-bond donors (Lipinski definition) is 1. The van der Waals surface area contributed by atoms with E-state index in [1.54, 1.807) is 0 Å². The summed E-state index contributed by atoms with van der Waals surface area (Å²) in [6.45, 7) is 7.11. The summed E-state index contributed by atoms with van der Waals surface area (Å²) in [7, 11) is 0. The zero-order chi connectivity index (χ0) is 13.8. The van der Waals surface area contributed by atoms with Crippen molar-refractivity contribution in [3.8, 4) is 0 Å². The first-order valence-corrected chi connectivity index (χ1v) is 6.70. The topological polar surface area (TPSA) is 67.6 Å². The summed E-state index contributed by atoms with van der Waals surface area (Å²) in [6, 6.07) is 0.237. The number of carbonyl (C=O) groups is 1. The molecule has 2 rings (SSSR count). The Labute approximate surface area is 113 Å². The maximum atomic E-state index is 10.7. The molecule has 0 radical (unpaired) electrons. The number of nitrogens with zero attached hydrogens (tertiary/aromatic N) is 3. The summed E-state index contributed by atoms with van der Waals surface area (Å²) in [6.07, 6.45) is 3.79. The van der Waals surface area contributed by atoms with Gasteiger partial charge in [0, 0.05) is 37.4 Å². The highest BCUT2D eigenvalue weighted by Gasteiger charge is 2.26. The summed E-state index contributed by atoms with van der Waals surface area (Å²) in [5, 5.41) is 13.1. The lowest BCUT2D eigenvalue weighted by Gasteiger charge is -2.36. The number of morpholine rings is 1. The molecule has 1 N–H and O–H groups in total. The van der Waals surface area contributed by atoms with Crippen molar-refractivity contribution >= 4 is 5.97 Å². The second-order valence-corrected chi connectivity index (χ2v) is 4.89. The van der Waals surface area contributed by atoms with E-state index >= 15 is 0 Å². The molecule has 106 valence electrons. The van der Waals surface area contributed by atoms with E-state index in [1.165, 1.54) is 0 Å². The van der Waals surface area contributed by atoms with Crippen molar-refractivity contribution in [1.29, 1.82) is 0 Å². The van der Waals surface area contributed by atoms with Crippen LogP contribution in [0, 0.1) is 0 Å². The van der Waals surface area contributed by atoms with Gasteiger partial charge in [0.2, 0.25) is 0 Å². The van der Waals surface area contributed by atoms with E-state index in [4.69, 9.17) is 9.84 Å². The lowest BCUT2D eigenvalue weighted by molar-refractivity contribution is -0.142. The molecule has 19 heavy (non-hydrogen) atoms. The van der Waals surface area contributed by atoms with Crippen molar-refractivity contribution < 1.29 is 14.6 Å². The van der Waals surface area contributed by atoms with Crippen molar-refractivity contribution in [2.24, 2.45) is 0 Å². The Kier molecular flexibility index (Phi) is 4.55. The molecule has 2 unspecified atom stereocenters. The molecular formula is C13H21N3O3. The summed E-state index contributed by atoms with van der Waals surface area (Å²) >= 11 is 0. The molecule has 1 aromatic rings. The lowest BCUT2D eigenvalue weighted by Crippen LogP contribution is -2.44. The minimum atomic E-state index is -0.807. The Morgan fingerprint density at radius 2 is 2.47 bits per heavy atom. The van der Waals surface area contributed by atoms with E-state index in [-0.39, 0.29) is 18.6 Å². The lowest BCUT2D eigenvalue weighted by atomic mass is 10.1. The number of rotatable bonds is 5. The summed E-state index contributed by atoms with van der Waals surface area (Å²) in [5.74, 6) is -0.807. The zero-order valence-electron chi connectivity index (χ0n) is 11.5. The quantitative estimate of drug-likeness (QED) is 0.866. The third-order valence-corrected chi connectivity index (χ3v) is 3.58. The molecule has 0 saturated carbocycles. The Morgan fingerprint density at radius 1 is 1.68 bits per heavy atom. The van der Waals surface area contributed by atoms with E-state index in [1.807, 2.05) is 17.1 Å². The van der Waals surface area contributed by atoms with Crippen LogP contribution < -0.4 is 0 Å². The van der Waals surface area contributed by atoms with Gasteiger partial charge in [0.15, 0.2) is 0 Å². The second kappa shape index (κ2) is 6.16. The zero-order valence-corrected chi connectivity index (χ0v) is 11.5. The molecule has 0 bridgehead atoms. The van der Waals surface area contributed by atoms with Crippen LogP contribution in [0.3, 0.4) is 0 Å². The highest BCUT2D eigenvalue weighted by Crippen LogP contribution is 2.22. The van der Waals surface area contributed by atoms with Gasteiger partial charge in [-0.2, -0.15) is 5.10 Å². The molecule has 6 nitrogen and oxygen atoms in total. The Morgan fingerprint density at radius 3 is 3.11 bits per heavy atom. The van der Waals surface area contributed by atoms with Crippen LogP contribution in [0.5, 0.6) is 0 Å². The molecule has 0 aromatic carbocycles. The number of carboxylic acids is 1. The van der Waals surface area contributed by atoms with Gasteiger partial charge in [0.25, 0.3) is 0 Å². The van der Waals surface area contributed by atoms with Crippen molar-refractivity contribution in [2.45, 2.75) is 39.0 Å². The van der Waals surface area contributed by atoms with Crippen LogP contribution in [0.4, 0.5) is 0 Å². The monoisotopic (exact) mass is 267 g/mol.